The van der Waals surface area contributed by atoms with Gasteiger partial charge in [-0.15, -0.1) is 0 Å². The van der Waals surface area contributed by atoms with Crippen molar-refractivity contribution in [1.82, 2.24) is 10.6 Å². The van der Waals surface area contributed by atoms with Gasteiger partial charge in [0.25, 0.3) is 5.91 Å². The van der Waals surface area contributed by atoms with Gasteiger partial charge in [-0.1, -0.05) is 36.4 Å². The molecule has 0 aliphatic rings. The van der Waals surface area contributed by atoms with Gasteiger partial charge in [0.05, 0.1) is 12.6 Å². The highest BCUT2D eigenvalue weighted by Gasteiger charge is 2.09. The first-order valence-electron chi connectivity index (χ1n) is 7.95. The molecular formula is C19H18N4O3. The lowest BCUT2D eigenvalue weighted by Gasteiger charge is -2.11. The third-order valence-electron chi connectivity index (χ3n) is 3.45. The lowest BCUT2D eigenvalue weighted by atomic mass is 10.1. The molecule has 0 aliphatic carbocycles. The number of nitrogens with zero attached hydrogens (tertiary/aromatic N) is 1. The van der Waals surface area contributed by atoms with Gasteiger partial charge in [0.1, 0.15) is 6.42 Å². The van der Waals surface area contributed by atoms with E-state index in [9.17, 15) is 14.4 Å². The van der Waals surface area contributed by atoms with Crippen molar-refractivity contribution in [3.63, 3.8) is 0 Å². The average Bonchev–Trinajstić information content (AvgIpc) is 2.66. The molecule has 0 radical (unpaired) electrons. The number of para-hydroxylation sites is 1. The van der Waals surface area contributed by atoms with Crippen molar-refractivity contribution < 1.29 is 14.4 Å². The van der Waals surface area contributed by atoms with Crippen molar-refractivity contribution in [2.45, 2.75) is 13.0 Å². The van der Waals surface area contributed by atoms with Gasteiger partial charge >= 0.3 is 0 Å². The molecule has 0 aromatic heterocycles. The Morgan fingerprint density at radius 1 is 0.885 bits per heavy atom. The maximum atomic E-state index is 11.9. The molecule has 0 heterocycles. The predicted octanol–water partition coefficient (Wildman–Crippen LogP) is 1.58. The average molecular weight is 350 g/mol. The predicted molar refractivity (Wildman–Crippen MR) is 95.9 cm³/mol. The van der Waals surface area contributed by atoms with E-state index in [4.69, 9.17) is 5.26 Å². The number of anilines is 1. The lowest BCUT2D eigenvalue weighted by Crippen LogP contribution is -2.36. The first-order valence-corrected chi connectivity index (χ1v) is 7.95. The second kappa shape index (κ2) is 9.59. The molecule has 0 saturated carbocycles. The van der Waals surface area contributed by atoms with Gasteiger partial charge < -0.3 is 16.0 Å². The van der Waals surface area contributed by atoms with E-state index in [0.29, 0.717) is 16.8 Å². The van der Waals surface area contributed by atoms with E-state index in [1.54, 1.807) is 60.7 Å². The normalized spacial score (nSPS) is 9.65. The van der Waals surface area contributed by atoms with Crippen LogP contribution in [0.5, 0.6) is 0 Å². The molecule has 3 amide bonds. The lowest BCUT2D eigenvalue weighted by molar-refractivity contribution is -0.120. The first-order chi connectivity index (χ1) is 12.6. The molecule has 0 aliphatic heterocycles. The van der Waals surface area contributed by atoms with E-state index < -0.39 is 5.91 Å². The van der Waals surface area contributed by atoms with Gasteiger partial charge in [0.2, 0.25) is 11.8 Å². The summed E-state index contributed by atoms with van der Waals surface area (Å²) in [4.78, 5) is 35.4. The fourth-order valence-corrected chi connectivity index (χ4v) is 2.17. The molecule has 0 saturated heterocycles. The summed E-state index contributed by atoms with van der Waals surface area (Å²) in [7, 11) is 0. The Balaban J connectivity index is 1.85. The van der Waals surface area contributed by atoms with Crippen LogP contribution in [-0.2, 0) is 16.1 Å². The van der Waals surface area contributed by atoms with E-state index in [1.807, 2.05) is 0 Å². The molecule has 0 spiro atoms. The van der Waals surface area contributed by atoms with Crippen LogP contribution in [0.4, 0.5) is 5.69 Å². The summed E-state index contributed by atoms with van der Waals surface area (Å²) in [6.07, 6.45) is -0.244. The molecule has 0 atom stereocenters. The number of rotatable bonds is 7. The van der Waals surface area contributed by atoms with Crippen LogP contribution < -0.4 is 16.0 Å². The smallest absolute Gasteiger partial charge is 0.251 e. The van der Waals surface area contributed by atoms with Gasteiger partial charge in [0, 0.05) is 17.8 Å². The second-order valence-corrected chi connectivity index (χ2v) is 5.37. The Morgan fingerprint density at radius 2 is 1.58 bits per heavy atom. The van der Waals surface area contributed by atoms with Crippen molar-refractivity contribution in [1.29, 1.82) is 5.26 Å². The molecule has 0 fully saturated rings. The summed E-state index contributed by atoms with van der Waals surface area (Å²) in [5, 5.41) is 16.4. The molecule has 26 heavy (non-hydrogen) atoms. The minimum absolute atomic E-state index is 0.156. The number of hydrogen-bond acceptors (Lipinski definition) is 4. The van der Waals surface area contributed by atoms with Crippen molar-refractivity contribution in [2.75, 3.05) is 11.9 Å². The van der Waals surface area contributed by atoms with Crippen LogP contribution in [0.2, 0.25) is 0 Å². The highest BCUT2D eigenvalue weighted by molar-refractivity contribution is 5.96. The topological polar surface area (TPSA) is 111 Å². The largest absolute Gasteiger partial charge is 0.350 e. The first kappa shape index (κ1) is 18.7. The molecule has 3 N–H and O–H groups in total. The van der Waals surface area contributed by atoms with E-state index in [2.05, 4.69) is 16.0 Å². The summed E-state index contributed by atoms with van der Waals surface area (Å²) < 4.78 is 0. The maximum Gasteiger partial charge on any atom is 0.251 e. The SMILES string of the molecule is N#CCC(=O)Nc1ccccc1CNC(=O)CNC(=O)c1ccccc1. The molecule has 7 heteroatoms. The number of hydrogen-bond donors (Lipinski definition) is 3. The zero-order valence-electron chi connectivity index (χ0n) is 14.0. The Morgan fingerprint density at radius 3 is 2.31 bits per heavy atom. The van der Waals surface area contributed by atoms with Crippen LogP contribution in [0.25, 0.3) is 0 Å². The van der Waals surface area contributed by atoms with Crippen molar-refractivity contribution in [3.05, 3.63) is 65.7 Å². The minimum atomic E-state index is -0.415. The second-order valence-electron chi connectivity index (χ2n) is 5.37. The van der Waals surface area contributed by atoms with Crippen LogP contribution >= 0.6 is 0 Å². The molecule has 0 unspecified atom stereocenters. The molecular weight excluding hydrogens is 332 g/mol. The van der Waals surface area contributed by atoms with Gasteiger partial charge in [0.15, 0.2) is 0 Å². The fraction of sp³-hybridized carbons (Fsp3) is 0.158. The van der Waals surface area contributed by atoms with Crippen LogP contribution in [0, 0.1) is 11.3 Å². The number of nitrogens with one attached hydrogen (secondary N) is 3. The number of nitriles is 1. The quantitative estimate of drug-likeness (QED) is 0.704. The van der Waals surface area contributed by atoms with E-state index in [-0.39, 0.29) is 31.3 Å². The van der Waals surface area contributed by atoms with Crippen LogP contribution in [0.3, 0.4) is 0 Å². The van der Waals surface area contributed by atoms with Crippen molar-refractivity contribution >= 4 is 23.4 Å². The zero-order chi connectivity index (χ0) is 18.8. The summed E-state index contributed by atoms with van der Waals surface area (Å²) in [6.45, 7) is 0.0275. The van der Waals surface area contributed by atoms with Crippen LogP contribution in [0.15, 0.2) is 54.6 Å². The molecule has 7 nitrogen and oxygen atoms in total. The summed E-state index contributed by atoms with van der Waals surface area (Å²) in [6, 6.07) is 17.3. The maximum absolute atomic E-state index is 11.9. The number of amides is 3. The van der Waals surface area contributed by atoms with Crippen LogP contribution in [0.1, 0.15) is 22.3 Å². The van der Waals surface area contributed by atoms with E-state index in [1.165, 1.54) is 0 Å². The molecule has 2 aromatic carbocycles. The molecule has 2 aromatic rings. The fourth-order valence-electron chi connectivity index (χ4n) is 2.17. The van der Waals surface area contributed by atoms with Gasteiger partial charge in [-0.05, 0) is 23.8 Å². The van der Waals surface area contributed by atoms with E-state index >= 15 is 0 Å². The number of benzene rings is 2. The number of carbonyl (C=O) groups is 3. The summed E-state index contributed by atoms with van der Waals surface area (Å²) in [5.74, 6) is -1.10. The highest BCUT2D eigenvalue weighted by Crippen LogP contribution is 2.14. The number of carbonyl (C=O) groups excluding carboxylic acids is 3. The Kier molecular flexibility index (Phi) is 6.89. The monoisotopic (exact) mass is 350 g/mol. The Labute approximate surface area is 151 Å². The van der Waals surface area contributed by atoms with Crippen molar-refractivity contribution in [3.8, 4) is 6.07 Å². The standard InChI is InChI=1S/C19H18N4O3/c20-11-10-17(24)23-16-9-5-4-8-15(16)12-21-18(25)13-22-19(26)14-6-2-1-3-7-14/h1-9H,10,12-13H2,(H,21,25)(H,22,26)(H,23,24). The Hall–Kier alpha value is -3.66. The van der Waals surface area contributed by atoms with E-state index in [0.717, 1.165) is 0 Å². The summed E-state index contributed by atoms with van der Waals surface area (Å²) >= 11 is 0. The third kappa shape index (κ3) is 5.76. The molecule has 0 bridgehead atoms. The highest BCUT2D eigenvalue weighted by atomic mass is 16.2. The Bertz CT molecular complexity index is 828. The zero-order valence-corrected chi connectivity index (χ0v) is 14.0. The van der Waals surface area contributed by atoms with Crippen LogP contribution in [-0.4, -0.2) is 24.3 Å². The van der Waals surface area contributed by atoms with Gasteiger partial charge in [-0.25, -0.2) is 0 Å². The van der Waals surface area contributed by atoms with Gasteiger partial charge in [-0.3, -0.25) is 14.4 Å². The summed E-state index contributed by atoms with van der Waals surface area (Å²) in [5.41, 5.74) is 1.70. The van der Waals surface area contributed by atoms with Crippen molar-refractivity contribution in [2.24, 2.45) is 0 Å². The van der Waals surface area contributed by atoms with Gasteiger partial charge in [-0.2, -0.15) is 5.26 Å². The molecule has 132 valence electrons. The molecule has 2 rings (SSSR count). The minimum Gasteiger partial charge on any atom is -0.350 e. The third-order valence-corrected chi connectivity index (χ3v) is 3.45.